The van der Waals surface area contributed by atoms with E-state index in [0.29, 0.717) is 18.5 Å². The van der Waals surface area contributed by atoms with Crippen LogP contribution in [-0.2, 0) is 6.54 Å². The molecule has 1 aromatic carbocycles. The van der Waals surface area contributed by atoms with Crippen LogP contribution in [0.2, 0.25) is 0 Å². The highest BCUT2D eigenvalue weighted by atomic mass is 127. The van der Waals surface area contributed by atoms with E-state index in [2.05, 4.69) is 34.4 Å². The van der Waals surface area contributed by atoms with Gasteiger partial charge in [-0.25, -0.2) is 0 Å². The lowest BCUT2D eigenvalue weighted by Gasteiger charge is -2.35. The minimum absolute atomic E-state index is 0. The normalized spacial score (nSPS) is 18.0. The first-order valence-electron chi connectivity index (χ1n) is 9.46. The van der Waals surface area contributed by atoms with Crippen LogP contribution < -0.4 is 20.1 Å². The Morgan fingerprint density at radius 2 is 2.04 bits per heavy atom. The highest BCUT2D eigenvalue weighted by Gasteiger charge is 2.21. The number of hydrogen-bond donors (Lipinski definition) is 2. The van der Waals surface area contributed by atoms with Crippen LogP contribution in [0.1, 0.15) is 32.3 Å². The molecule has 0 bridgehead atoms. The number of benzene rings is 1. The van der Waals surface area contributed by atoms with Gasteiger partial charge in [-0.15, -0.1) is 24.0 Å². The number of methoxy groups -OCH3 is 2. The van der Waals surface area contributed by atoms with Crippen molar-refractivity contribution in [3.05, 3.63) is 23.8 Å². The monoisotopic (exact) mass is 490 g/mol. The molecule has 0 aliphatic carbocycles. The van der Waals surface area contributed by atoms with Gasteiger partial charge in [0, 0.05) is 44.4 Å². The van der Waals surface area contributed by atoms with Gasteiger partial charge in [-0.05, 0) is 51.3 Å². The lowest BCUT2D eigenvalue weighted by molar-refractivity contribution is 0.141. The summed E-state index contributed by atoms with van der Waals surface area (Å²) in [7, 11) is 5.14. The molecule has 0 spiro atoms. The van der Waals surface area contributed by atoms with E-state index in [4.69, 9.17) is 9.47 Å². The van der Waals surface area contributed by atoms with Crippen LogP contribution in [0.5, 0.6) is 11.5 Å². The van der Waals surface area contributed by atoms with Crippen molar-refractivity contribution in [2.75, 3.05) is 40.9 Å². The Bertz CT molecular complexity index is 595. The largest absolute Gasteiger partial charge is 0.497 e. The van der Waals surface area contributed by atoms with Crippen LogP contribution in [0.25, 0.3) is 0 Å². The molecule has 1 aliphatic heterocycles. The summed E-state index contributed by atoms with van der Waals surface area (Å²) in [6.07, 6.45) is 2.55. The number of likely N-dealkylation sites (tertiary alicyclic amines) is 1. The minimum atomic E-state index is 0. The molecule has 1 atom stereocenters. The predicted octanol–water partition coefficient (Wildman–Crippen LogP) is 3.11. The van der Waals surface area contributed by atoms with Crippen molar-refractivity contribution in [2.45, 2.75) is 39.3 Å². The summed E-state index contributed by atoms with van der Waals surface area (Å²) in [5, 5.41) is 6.85. The van der Waals surface area contributed by atoms with Crippen molar-refractivity contribution in [1.29, 1.82) is 0 Å². The number of piperidine rings is 1. The van der Waals surface area contributed by atoms with E-state index in [1.54, 1.807) is 14.2 Å². The van der Waals surface area contributed by atoms with E-state index < -0.39 is 0 Å². The van der Waals surface area contributed by atoms with Gasteiger partial charge in [0.1, 0.15) is 11.5 Å². The molecule has 0 amide bonds. The van der Waals surface area contributed by atoms with Crippen molar-refractivity contribution in [2.24, 2.45) is 10.9 Å². The highest BCUT2D eigenvalue weighted by Crippen LogP contribution is 2.24. The lowest BCUT2D eigenvalue weighted by Crippen LogP contribution is -2.46. The topological polar surface area (TPSA) is 58.1 Å². The molecule has 1 fully saturated rings. The molecule has 1 aliphatic rings. The maximum Gasteiger partial charge on any atom is 0.191 e. The van der Waals surface area contributed by atoms with Gasteiger partial charge in [-0.2, -0.15) is 0 Å². The fraction of sp³-hybridized carbons (Fsp3) is 0.650. The fourth-order valence-electron chi connectivity index (χ4n) is 3.37. The van der Waals surface area contributed by atoms with Gasteiger partial charge in [-0.3, -0.25) is 4.99 Å². The van der Waals surface area contributed by atoms with Gasteiger partial charge in [0.15, 0.2) is 5.96 Å². The Labute approximate surface area is 181 Å². The number of halogens is 1. The fourth-order valence-corrected chi connectivity index (χ4v) is 3.37. The lowest BCUT2D eigenvalue weighted by atomic mass is 9.97. The van der Waals surface area contributed by atoms with Crippen molar-refractivity contribution in [3.8, 4) is 11.5 Å². The number of nitrogens with one attached hydrogen (secondary N) is 2. The number of ether oxygens (including phenoxy) is 2. The van der Waals surface area contributed by atoms with Gasteiger partial charge in [0.2, 0.25) is 0 Å². The summed E-state index contributed by atoms with van der Waals surface area (Å²) in [5.74, 6) is 3.09. The predicted molar refractivity (Wildman–Crippen MR) is 123 cm³/mol. The smallest absolute Gasteiger partial charge is 0.191 e. The van der Waals surface area contributed by atoms with E-state index in [-0.39, 0.29) is 24.0 Å². The zero-order valence-corrected chi connectivity index (χ0v) is 19.6. The summed E-state index contributed by atoms with van der Waals surface area (Å²) in [6, 6.07) is 6.48. The van der Waals surface area contributed by atoms with Crippen LogP contribution >= 0.6 is 24.0 Å². The molecule has 7 heteroatoms. The Morgan fingerprint density at radius 1 is 1.26 bits per heavy atom. The molecule has 1 saturated heterocycles. The van der Waals surface area contributed by atoms with Crippen LogP contribution in [-0.4, -0.2) is 57.8 Å². The first-order chi connectivity index (χ1) is 12.6. The Hall–Kier alpha value is -1.22. The number of guanidine groups is 1. The van der Waals surface area contributed by atoms with E-state index >= 15 is 0 Å². The van der Waals surface area contributed by atoms with Crippen LogP contribution in [0.15, 0.2) is 23.2 Å². The third-order valence-corrected chi connectivity index (χ3v) is 5.00. The molecule has 2 N–H and O–H groups in total. The first-order valence-corrected chi connectivity index (χ1v) is 9.46. The van der Waals surface area contributed by atoms with Crippen LogP contribution in [0.4, 0.5) is 0 Å². The molecule has 27 heavy (non-hydrogen) atoms. The van der Waals surface area contributed by atoms with Gasteiger partial charge < -0.3 is 25.0 Å². The molecule has 6 nitrogen and oxygen atoms in total. The molecule has 0 radical (unpaired) electrons. The summed E-state index contributed by atoms with van der Waals surface area (Å²) in [5.41, 5.74) is 1.07. The maximum absolute atomic E-state index is 5.46. The quantitative estimate of drug-likeness (QED) is 0.350. The van der Waals surface area contributed by atoms with Gasteiger partial charge in [0.05, 0.1) is 14.2 Å². The first kappa shape index (κ1) is 23.8. The van der Waals surface area contributed by atoms with Crippen LogP contribution in [0.3, 0.4) is 0 Å². The Balaban J connectivity index is 0.00000364. The average molecular weight is 490 g/mol. The third kappa shape index (κ3) is 7.37. The number of nitrogens with zero attached hydrogens (tertiary/aromatic N) is 2. The third-order valence-electron chi connectivity index (χ3n) is 5.00. The second-order valence-corrected chi connectivity index (χ2v) is 7.08. The molecule has 0 saturated carbocycles. The second kappa shape index (κ2) is 12.3. The number of aliphatic imine (C=N–C) groups is 1. The van der Waals surface area contributed by atoms with E-state index in [1.165, 1.54) is 19.4 Å². The minimum Gasteiger partial charge on any atom is -0.497 e. The molecular weight excluding hydrogens is 455 g/mol. The van der Waals surface area contributed by atoms with Gasteiger partial charge in [0.25, 0.3) is 0 Å². The molecule has 154 valence electrons. The summed E-state index contributed by atoms with van der Waals surface area (Å²) in [6.45, 7) is 8.53. The van der Waals surface area contributed by atoms with Crippen molar-refractivity contribution >= 4 is 29.9 Å². The number of rotatable bonds is 7. The Kier molecular flexibility index (Phi) is 10.8. The second-order valence-electron chi connectivity index (χ2n) is 7.08. The maximum atomic E-state index is 5.46. The Morgan fingerprint density at radius 3 is 2.67 bits per heavy atom. The van der Waals surface area contributed by atoms with Crippen molar-refractivity contribution < 1.29 is 9.47 Å². The molecule has 1 aromatic rings. The summed E-state index contributed by atoms with van der Waals surface area (Å²) in [4.78, 5) is 6.91. The highest BCUT2D eigenvalue weighted by molar-refractivity contribution is 14.0. The zero-order valence-electron chi connectivity index (χ0n) is 17.2. The molecule has 1 unspecified atom stereocenters. The van der Waals surface area contributed by atoms with E-state index in [9.17, 15) is 0 Å². The van der Waals surface area contributed by atoms with Crippen molar-refractivity contribution in [1.82, 2.24) is 15.5 Å². The van der Waals surface area contributed by atoms with Gasteiger partial charge >= 0.3 is 0 Å². The summed E-state index contributed by atoms with van der Waals surface area (Å²) < 4.78 is 10.7. The standard InChI is InChI=1S/C20H34N4O2.HI/c1-15(2)24-10-6-7-16(14-24)12-22-20(21-3)23-13-17-8-9-18(25-4)11-19(17)26-5;/h8-9,11,15-16H,6-7,10,12-14H2,1-5H3,(H2,21,22,23);1H. The molecule has 0 aromatic heterocycles. The molecule has 1 heterocycles. The number of hydrogen-bond acceptors (Lipinski definition) is 4. The SMILES string of the molecule is CN=C(NCc1ccc(OC)cc1OC)NCC1CCCN(C(C)C)C1.I. The zero-order chi connectivity index (χ0) is 18.9. The van der Waals surface area contributed by atoms with E-state index in [1.807, 2.05) is 25.2 Å². The van der Waals surface area contributed by atoms with E-state index in [0.717, 1.165) is 36.1 Å². The molecule has 2 rings (SSSR count). The summed E-state index contributed by atoms with van der Waals surface area (Å²) >= 11 is 0. The van der Waals surface area contributed by atoms with Crippen molar-refractivity contribution in [3.63, 3.8) is 0 Å². The average Bonchev–Trinajstić information content (AvgIpc) is 2.68. The molecular formula is C20H35IN4O2. The van der Waals surface area contributed by atoms with Gasteiger partial charge in [-0.1, -0.05) is 0 Å². The van der Waals surface area contributed by atoms with Crippen LogP contribution in [0, 0.1) is 5.92 Å².